The zero-order valence-corrected chi connectivity index (χ0v) is 16.3. The highest BCUT2D eigenvalue weighted by atomic mass is 19.1. The molecule has 0 saturated carbocycles. The van der Waals surface area contributed by atoms with Gasteiger partial charge in [-0.2, -0.15) is 0 Å². The molecule has 1 aliphatic heterocycles. The summed E-state index contributed by atoms with van der Waals surface area (Å²) in [6, 6.07) is 7.83. The fraction of sp³-hybridized carbons (Fsp3) is 0.150. The Bertz CT molecular complexity index is 1090. The van der Waals surface area contributed by atoms with Crippen molar-refractivity contribution < 1.29 is 28.4 Å². The minimum Gasteiger partial charge on any atom is -0.366 e. The molecule has 31 heavy (non-hydrogen) atoms. The zero-order chi connectivity index (χ0) is 22.9. The Morgan fingerprint density at radius 1 is 1.03 bits per heavy atom. The third-order valence-corrected chi connectivity index (χ3v) is 4.78. The molecular formula is C20H18FN5O5. The van der Waals surface area contributed by atoms with Crippen molar-refractivity contribution >= 4 is 35.3 Å². The van der Waals surface area contributed by atoms with Gasteiger partial charge in [0.15, 0.2) is 0 Å². The molecule has 2 aromatic rings. The first-order valence-corrected chi connectivity index (χ1v) is 8.96. The average Bonchev–Trinajstić information content (AvgIpc) is 2.92. The van der Waals surface area contributed by atoms with Crippen molar-refractivity contribution in [2.24, 2.45) is 11.5 Å². The quantitative estimate of drug-likeness (QED) is 0.490. The number of nitrogens with one attached hydrogen (secondary N) is 2. The number of amides is 6. The summed E-state index contributed by atoms with van der Waals surface area (Å²) in [7, 11) is 0. The Hall–Kier alpha value is -4.28. The number of urea groups is 1. The maximum Gasteiger partial charge on any atom is 0.325 e. The number of primary amides is 2. The lowest BCUT2D eigenvalue weighted by atomic mass is 9.92. The predicted octanol–water partition coefficient (Wildman–Crippen LogP) is 0.429. The minimum absolute atomic E-state index is 0.0310. The van der Waals surface area contributed by atoms with E-state index in [0.717, 1.165) is 12.1 Å². The molecule has 0 spiro atoms. The highest BCUT2D eigenvalue weighted by Crippen LogP contribution is 2.29. The van der Waals surface area contributed by atoms with Crippen LogP contribution in [0.5, 0.6) is 0 Å². The van der Waals surface area contributed by atoms with E-state index in [1.165, 1.54) is 37.3 Å². The smallest absolute Gasteiger partial charge is 0.325 e. The Balaban J connectivity index is 1.79. The van der Waals surface area contributed by atoms with Crippen LogP contribution in [0.4, 0.5) is 14.9 Å². The molecule has 0 radical (unpaired) electrons. The second-order valence-corrected chi connectivity index (χ2v) is 7.03. The molecule has 1 unspecified atom stereocenters. The maximum absolute atomic E-state index is 13.2. The van der Waals surface area contributed by atoms with E-state index in [2.05, 4.69) is 10.6 Å². The van der Waals surface area contributed by atoms with Gasteiger partial charge in [-0.15, -0.1) is 0 Å². The number of anilines is 1. The van der Waals surface area contributed by atoms with Crippen molar-refractivity contribution in [3.05, 3.63) is 65.0 Å². The van der Waals surface area contributed by atoms with Crippen LogP contribution in [0.1, 0.15) is 33.2 Å². The SMILES string of the molecule is CC1(c2ccc(F)cc2)NC(=O)N(CC(=O)Nc2cc(C(N)=O)cc(C(N)=O)c2)C1=O. The lowest BCUT2D eigenvalue weighted by Gasteiger charge is -2.22. The Kier molecular flexibility index (Phi) is 5.43. The maximum atomic E-state index is 13.2. The van der Waals surface area contributed by atoms with E-state index in [9.17, 15) is 28.4 Å². The molecule has 3 rings (SSSR count). The highest BCUT2D eigenvalue weighted by molar-refractivity contribution is 6.10. The Morgan fingerprint density at radius 2 is 1.58 bits per heavy atom. The van der Waals surface area contributed by atoms with Crippen LogP contribution in [0.2, 0.25) is 0 Å². The molecule has 1 saturated heterocycles. The third kappa shape index (κ3) is 4.20. The number of hydrogen-bond donors (Lipinski definition) is 4. The summed E-state index contributed by atoms with van der Waals surface area (Å²) < 4.78 is 13.2. The van der Waals surface area contributed by atoms with Gasteiger partial charge >= 0.3 is 6.03 Å². The number of hydrogen-bond acceptors (Lipinski definition) is 5. The number of halogens is 1. The summed E-state index contributed by atoms with van der Waals surface area (Å²) in [5.41, 5.74) is 9.19. The van der Waals surface area contributed by atoms with Crippen LogP contribution >= 0.6 is 0 Å². The first kappa shape index (κ1) is 21.4. The van der Waals surface area contributed by atoms with Gasteiger partial charge in [-0.1, -0.05) is 12.1 Å². The van der Waals surface area contributed by atoms with Crippen LogP contribution in [-0.2, 0) is 15.1 Å². The molecule has 11 heteroatoms. The Labute approximate surface area is 175 Å². The molecule has 10 nitrogen and oxygen atoms in total. The van der Waals surface area contributed by atoms with Gasteiger partial charge in [-0.3, -0.25) is 24.1 Å². The van der Waals surface area contributed by atoms with Crippen LogP contribution < -0.4 is 22.1 Å². The lowest BCUT2D eigenvalue weighted by molar-refractivity contribution is -0.133. The predicted molar refractivity (Wildman–Crippen MR) is 106 cm³/mol. The number of nitrogens with two attached hydrogens (primary N) is 2. The summed E-state index contributed by atoms with van der Waals surface area (Å²) in [5.74, 6) is -3.67. The van der Waals surface area contributed by atoms with Crippen LogP contribution in [-0.4, -0.2) is 41.1 Å². The first-order chi connectivity index (χ1) is 14.5. The molecule has 1 atom stereocenters. The van der Waals surface area contributed by atoms with Crippen molar-refractivity contribution in [1.29, 1.82) is 0 Å². The summed E-state index contributed by atoms with van der Waals surface area (Å²) in [6.45, 7) is 0.794. The molecule has 0 aromatic heterocycles. The van der Waals surface area contributed by atoms with E-state index in [-0.39, 0.29) is 16.8 Å². The molecule has 6 amide bonds. The van der Waals surface area contributed by atoms with E-state index in [1.807, 2.05) is 0 Å². The number of carbonyl (C=O) groups excluding carboxylic acids is 5. The normalized spacial score (nSPS) is 17.9. The summed E-state index contributed by atoms with van der Waals surface area (Å²) in [6.07, 6.45) is 0. The van der Waals surface area contributed by atoms with E-state index in [4.69, 9.17) is 11.5 Å². The van der Waals surface area contributed by atoms with Gasteiger partial charge in [-0.25, -0.2) is 9.18 Å². The van der Waals surface area contributed by atoms with Gasteiger partial charge in [0.1, 0.15) is 17.9 Å². The van der Waals surface area contributed by atoms with E-state index in [0.29, 0.717) is 10.5 Å². The van der Waals surface area contributed by atoms with Gasteiger partial charge in [0.2, 0.25) is 17.7 Å². The summed E-state index contributed by atoms with van der Waals surface area (Å²) in [4.78, 5) is 61.2. The van der Waals surface area contributed by atoms with Crippen LogP contribution in [0.15, 0.2) is 42.5 Å². The third-order valence-electron chi connectivity index (χ3n) is 4.78. The van der Waals surface area contributed by atoms with Crippen LogP contribution in [0.25, 0.3) is 0 Å². The van der Waals surface area contributed by atoms with Crippen molar-refractivity contribution in [2.45, 2.75) is 12.5 Å². The molecule has 160 valence electrons. The van der Waals surface area contributed by atoms with Gasteiger partial charge in [0.25, 0.3) is 5.91 Å². The van der Waals surface area contributed by atoms with Gasteiger partial charge in [-0.05, 0) is 42.8 Å². The molecule has 0 bridgehead atoms. The second kappa shape index (κ2) is 7.86. The van der Waals surface area contributed by atoms with Gasteiger partial charge < -0.3 is 22.1 Å². The fourth-order valence-electron chi connectivity index (χ4n) is 3.15. The minimum atomic E-state index is -1.48. The summed E-state index contributed by atoms with van der Waals surface area (Å²) >= 11 is 0. The molecular weight excluding hydrogens is 409 g/mol. The number of imide groups is 1. The number of carbonyl (C=O) groups is 5. The molecule has 1 fully saturated rings. The lowest BCUT2D eigenvalue weighted by Crippen LogP contribution is -2.42. The van der Waals surface area contributed by atoms with E-state index < -0.39 is 47.6 Å². The highest BCUT2D eigenvalue weighted by Gasteiger charge is 2.49. The first-order valence-electron chi connectivity index (χ1n) is 8.96. The van der Waals surface area contributed by atoms with Gasteiger partial charge in [0.05, 0.1) is 0 Å². The largest absolute Gasteiger partial charge is 0.366 e. The standard InChI is InChI=1S/C20H18FN5O5/c1-20(12-2-4-13(21)5-3-12)18(30)26(19(31)25-20)9-15(27)24-14-7-10(16(22)28)6-11(8-14)17(23)29/h2-8H,9H2,1H3,(H2,22,28)(H2,23,29)(H,24,27)(H,25,31). The van der Waals surface area contributed by atoms with E-state index >= 15 is 0 Å². The number of rotatable bonds is 6. The van der Waals surface area contributed by atoms with Crippen molar-refractivity contribution in [2.75, 3.05) is 11.9 Å². The van der Waals surface area contributed by atoms with Crippen molar-refractivity contribution in [1.82, 2.24) is 10.2 Å². The average molecular weight is 427 g/mol. The Morgan fingerprint density at radius 3 is 2.10 bits per heavy atom. The van der Waals surface area contributed by atoms with Crippen LogP contribution in [0, 0.1) is 5.82 Å². The van der Waals surface area contributed by atoms with E-state index in [1.54, 1.807) is 0 Å². The monoisotopic (exact) mass is 427 g/mol. The molecule has 1 heterocycles. The molecule has 6 N–H and O–H groups in total. The molecule has 2 aromatic carbocycles. The fourth-order valence-corrected chi connectivity index (χ4v) is 3.15. The van der Waals surface area contributed by atoms with Crippen LogP contribution in [0.3, 0.4) is 0 Å². The number of nitrogens with zero attached hydrogens (tertiary/aromatic N) is 1. The second-order valence-electron chi connectivity index (χ2n) is 7.03. The molecule has 1 aliphatic rings. The molecule has 0 aliphatic carbocycles. The van der Waals surface area contributed by atoms with Crippen molar-refractivity contribution in [3.8, 4) is 0 Å². The summed E-state index contributed by atoms with van der Waals surface area (Å²) in [5, 5.41) is 4.89. The zero-order valence-electron chi connectivity index (χ0n) is 16.3. The van der Waals surface area contributed by atoms with Gasteiger partial charge in [0, 0.05) is 16.8 Å². The number of benzene rings is 2. The van der Waals surface area contributed by atoms with Crippen molar-refractivity contribution in [3.63, 3.8) is 0 Å². The topological polar surface area (TPSA) is 165 Å².